The average Bonchev–Trinajstić information content (AvgIpc) is 2.41. The molecule has 1 aliphatic rings. The minimum absolute atomic E-state index is 0.246. The monoisotopic (exact) mass is 278 g/mol. The average molecular weight is 278 g/mol. The Kier molecular flexibility index (Phi) is 4.71. The summed E-state index contributed by atoms with van der Waals surface area (Å²) in [4.78, 5) is 9.58. The molecule has 5 heteroatoms. The Balaban J connectivity index is 2.00. The summed E-state index contributed by atoms with van der Waals surface area (Å²) in [6, 6.07) is 2.34. The standard InChI is InChI=1S/C14H22N4S/c1-3-12(14(15)19)17-6-8-18(9-7-17)13-4-5-16-10-11(13)2/h4-5,10,12H,3,6-9H2,1-2H3,(H2,15,19). The van der Waals surface area contributed by atoms with Crippen LogP contribution in [0.3, 0.4) is 0 Å². The van der Waals surface area contributed by atoms with Crippen LogP contribution in [0.1, 0.15) is 18.9 Å². The Bertz CT molecular complexity index is 441. The van der Waals surface area contributed by atoms with Crippen molar-refractivity contribution in [2.24, 2.45) is 5.73 Å². The first-order chi connectivity index (χ1) is 9.13. The number of pyridine rings is 1. The van der Waals surface area contributed by atoms with E-state index in [2.05, 4.69) is 34.7 Å². The normalized spacial score (nSPS) is 18.3. The van der Waals surface area contributed by atoms with Crippen LogP contribution in [-0.2, 0) is 0 Å². The molecule has 104 valence electrons. The van der Waals surface area contributed by atoms with Gasteiger partial charge in [-0.15, -0.1) is 0 Å². The molecule has 0 bridgehead atoms. The zero-order valence-corrected chi connectivity index (χ0v) is 12.5. The number of hydrogen-bond acceptors (Lipinski definition) is 4. The molecule has 0 amide bonds. The molecule has 2 N–H and O–H groups in total. The number of hydrogen-bond donors (Lipinski definition) is 1. The molecule has 2 heterocycles. The van der Waals surface area contributed by atoms with E-state index < -0.39 is 0 Å². The van der Waals surface area contributed by atoms with Crippen LogP contribution in [0.2, 0.25) is 0 Å². The summed E-state index contributed by atoms with van der Waals surface area (Å²) in [6.07, 6.45) is 4.77. The molecule has 2 rings (SSSR count). The lowest BCUT2D eigenvalue weighted by Gasteiger charge is -2.40. The van der Waals surface area contributed by atoms with Gasteiger partial charge in [-0.2, -0.15) is 0 Å². The lowest BCUT2D eigenvalue weighted by Crippen LogP contribution is -2.53. The number of aromatic nitrogens is 1. The van der Waals surface area contributed by atoms with Gasteiger partial charge in [0.25, 0.3) is 0 Å². The van der Waals surface area contributed by atoms with Crippen molar-refractivity contribution < 1.29 is 0 Å². The van der Waals surface area contributed by atoms with Crippen molar-refractivity contribution in [2.45, 2.75) is 26.3 Å². The summed E-state index contributed by atoms with van der Waals surface area (Å²) < 4.78 is 0. The van der Waals surface area contributed by atoms with Crippen LogP contribution in [-0.4, -0.2) is 47.1 Å². The second-order valence-corrected chi connectivity index (χ2v) is 5.48. The second-order valence-electron chi connectivity index (χ2n) is 5.01. The number of nitrogens with zero attached hydrogens (tertiary/aromatic N) is 3. The Labute approximate surface area is 120 Å². The van der Waals surface area contributed by atoms with Crippen molar-refractivity contribution in [2.75, 3.05) is 31.1 Å². The molecule has 19 heavy (non-hydrogen) atoms. The van der Waals surface area contributed by atoms with E-state index in [0.29, 0.717) is 4.99 Å². The number of piperazine rings is 1. The molecule has 1 aliphatic heterocycles. The van der Waals surface area contributed by atoms with Crippen molar-refractivity contribution in [1.29, 1.82) is 0 Å². The first-order valence-corrected chi connectivity index (χ1v) is 7.23. The topological polar surface area (TPSA) is 45.4 Å². The summed E-state index contributed by atoms with van der Waals surface area (Å²) in [7, 11) is 0. The first-order valence-electron chi connectivity index (χ1n) is 6.82. The fourth-order valence-electron chi connectivity index (χ4n) is 2.73. The number of nitrogens with two attached hydrogens (primary N) is 1. The van der Waals surface area contributed by atoms with Gasteiger partial charge in [0.05, 0.1) is 11.0 Å². The fourth-order valence-corrected chi connectivity index (χ4v) is 3.05. The SMILES string of the molecule is CCC(C(N)=S)N1CCN(c2ccncc2C)CC1. The van der Waals surface area contributed by atoms with E-state index >= 15 is 0 Å². The lowest BCUT2D eigenvalue weighted by atomic mass is 10.1. The molecule has 0 radical (unpaired) electrons. The summed E-state index contributed by atoms with van der Waals surface area (Å²) >= 11 is 5.15. The molecule has 1 unspecified atom stereocenters. The van der Waals surface area contributed by atoms with Crippen molar-refractivity contribution in [3.8, 4) is 0 Å². The molecule has 1 aromatic heterocycles. The van der Waals surface area contributed by atoms with E-state index in [1.54, 1.807) is 0 Å². The quantitative estimate of drug-likeness (QED) is 0.847. The smallest absolute Gasteiger partial charge is 0.0901 e. The predicted octanol–water partition coefficient (Wildman–Crippen LogP) is 1.58. The highest BCUT2D eigenvalue weighted by atomic mass is 32.1. The summed E-state index contributed by atoms with van der Waals surface area (Å²) in [5, 5.41) is 0. The third-order valence-electron chi connectivity index (χ3n) is 3.80. The van der Waals surface area contributed by atoms with Crippen molar-refractivity contribution >= 4 is 22.9 Å². The van der Waals surface area contributed by atoms with Crippen LogP contribution in [0, 0.1) is 6.92 Å². The maximum absolute atomic E-state index is 5.82. The molecular weight excluding hydrogens is 256 g/mol. The molecule has 0 aliphatic carbocycles. The minimum Gasteiger partial charge on any atom is -0.392 e. The Hall–Kier alpha value is -1.20. The zero-order valence-electron chi connectivity index (χ0n) is 11.7. The minimum atomic E-state index is 0.246. The van der Waals surface area contributed by atoms with Gasteiger partial charge in [0, 0.05) is 44.3 Å². The van der Waals surface area contributed by atoms with E-state index in [0.717, 1.165) is 32.6 Å². The van der Waals surface area contributed by atoms with Crippen LogP contribution >= 0.6 is 12.2 Å². The van der Waals surface area contributed by atoms with Crippen molar-refractivity contribution in [1.82, 2.24) is 9.88 Å². The highest BCUT2D eigenvalue weighted by Crippen LogP contribution is 2.20. The van der Waals surface area contributed by atoms with Gasteiger partial charge in [-0.3, -0.25) is 9.88 Å². The molecule has 1 aromatic rings. The Morgan fingerprint density at radius 2 is 2.11 bits per heavy atom. The molecule has 1 fully saturated rings. The van der Waals surface area contributed by atoms with Gasteiger partial charge in [0.1, 0.15) is 0 Å². The van der Waals surface area contributed by atoms with Crippen LogP contribution in [0.4, 0.5) is 5.69 Å². The molecule has 0 aromatic carbocycles. The molecule has 0 spiro atoms. The number of aryl methyl sites for hydroxylation is 1. The third-order valence-corrected chi connectivity index (χ3v) is 4.07. The van der Waals surface area contributed by atoms with Crippen molar-refractivity contribution in [3.63, 3.8) is 0 Å². The summed E-state index contributed by atoms with van der Waals surface area (Å²) in [6.45, 7) is 8.31. The van der Waals surface area contributed by atoms with Gasteiger partial charge in [0.15, 0.2) is 0 Å². The molecule has 4 nitrogen and oxygen atoms in total. The van der Waals surface area contributed by atoms with Gasteiger partial charge in [-0.1, -0.05) is 19.1 Å². The predicted molar refractivity (Wildman–Crippen MR) is 83.6 cm³/mol. The van der Waals surface area contributed by atoms with Gasteiger partial charge in [-0.25, -0.2) is 0 Å². The third kappa shape index (κ3) is 3.22. The summed E-state index contributed by atoms with van der Waals surface area (Å²) in [5.41, 5.74) is 8.34. The zero-order chi connectivity index (χ0) is 13.8. The van der Waals surface area contributed by atoms with E-state index in [4.69, 9.17) is 18.0 Å². The fraction of sp³-hybridized carbons (Fsp3) is 0.571. The maximum Gasteiger partial charge on any atom is 0.0901 e. The number of thiocarbonyl (C=S) groups is 1. The molecule has 0 saturated carbocycles. The van der Waals surface area contributed by atoms with Crippen molar-refractivity contribution in [3.05, 3.63) is 24.0 Å². The van der Waals surface area contributed by atoms with Crippen LogP contribution in [0.15, 0.2) is 18.5 Å². The highest BCUT2D eigenvalue weighted by molar-refractivity contribution is 7.80. The van der Waals surface area contributed by atoms with Crippen LogP contribution in [0.5, 0.6) is 0 Å². The molecule has 1 atom stereocenters. The summed E-state index contributed by atoms with van der Waals surface area (Å²) in [5.74, 6) is 0. The second kappa shape index (κ2) is 6.30. The highest BCUT2D eigenvalue weighted by Gasteiger charge is 2.24. The number of anilines is 1. The van der Waals surface area contributed by atoms with E-state index in [-0.39, 0.29) is 6.04 Å². The largest absolute Gasteiger partial charge is 0.392 e. The Morgan fingerprint density at radius 1 is 1.42 bits per heavy atom. The van der Waals surface area contributed by atoms with Gasteiger partial charge in [0.2, 0.25) is 0 Å². The maximum atomic E-state index is 5.82. The van der Waals surface area contributed by atoms with E-state index in [1.807, 2.05) is 12.4 Å². The van der Waals surface area contributed by atoms with Gasteiger partial charge in [-0.05, 0) is 25.0 Å². The van der Waals surface area contributed by atoms with E-state index in [9.17, 15) is 0 Å². The van der Waals surface area contributed by atoms with Gasteiger partial charge >= 0.3 is 0 Å². The lowest BCUT2D eigenvalue weighted by molar-refractivity contribution is 0.224. The van der Waals surface area contributed by atoms with Gasteiger partial charge < -0.3 is 10.6 Å². The Morgan fingerprint density at radius 3 is 2.63 bits per heavy atom. The molecular formula is C14H22N4S. The van der Waals surface area contributed by atoms with Crippen LogP contribution < -0.4 is 10.6 Å². The number of rotatable bonds is 4. The first kappa shape index (κ1) is 14.2. The molecule has 1 saturated heterocycles. The van der Waals surface area contributed by atoms with Crippen LogP contribution in [0.25, 0.3) is 0 Å². The van der Waals surface area contributed by atoms with E-state index in [1.165, 1.54) is 11.3 Å².